The minimum atomic E-state index is -0.538. The summed E-state index contributed by atoms with van der Waals surface area (Å²) in [5, 5.41) is 0. The van der Waals surface area contributed by atoms with E-state index in [0.717, 1.165) is 0 Å². The largest absolute Gasteiger partial charge is 0.324 e. The number of amides is 2. The van der Waals surface area contributed by atoms with Crippen molar-refractivity contribution in [3.05, 3.63) is 11.6 Å². The molecule has 0 aliphatic carbocycles. The molecule has 13 heavy (non-hydrogen) atoms. The van der Waals surface area contributed by atoms with Crippen molar-refractivity contribution >= 4 is 11.8 Å². The fourth-order valence-electron chi connectivity index (χ4n) is 1.20. The Labute approximate surface area is 77.4 Å². The average molecular weight is 182 g/mol. The van der Waals surface area contributed by atoms with Crippen molar-refractivity contribution in [1.82, 2.24) is 4.90 Å². The van der Waals surface area contributed by atoms with Crippen LogP contribution in [0.25, 0.3) is 0 Å². The van der Waals surface area contributed by atoms with Gasteiger partial charge in [-0.1, -0.05) is 0 Å². The van der Waals surface area contributed by atoms with E-state index in [9.17, 15) is 9.59 Å². The number of imide groups is 1. The van der Waals surface area contributed by atoms with Gasteiger partial charge < -0.3 is 5.73 Å². The summed E-state index contributed by atoms with van der Waals surface area (Å²) in [5.74, 6) is -0.496. The molecule has 0 aromatic rings. The number of hydrogen-bond donors (Lipinski definition) is 1. The zero-order chi connectivity index (χ0) is 10.2. The van der Waals surface area contributed by atoms with Crippen LogP contribution in [-0.2, 0) is 9.59 Å². The fraction of sp³-hybridized carbons (Fsp3) is 0.556. The van der Waals surface area contributed by atoms with Crippen LogP contribution in [-0.4, -0.2) is 28.8 Å². The molecule has 0 saturated carbocycles. The summed E-state index contributed by atoms with van der Waals surface area (Å²) in [5.41, 5.74) is 5.66. The molecule has 0 bridgehead atoms. The van der Waals surface area contributed by atoms with E-state index < -0.39 is 5.54 Å². The first-order chi connectivity index (χ1) is 5.81. The minimum absolute atomic E-state index is 0.233. The van der Waals surface area contributed by atoms with E-state index in [0.29, 0.717) is 5.57 Å². The van der Waals surface area contributed by atoms with Crippen LogP contribution in [0.5, 0.6) is 0 Å². The lowest BCUT2D eigenvalue weighted by atomic mass is 10.1. The number of nitrogens with two attached hydrogens (primary N) is 1. The molecule has 1 aliphatic rings. The molecule has 2 N–H and O–H groups in total. The van der Waals surface area contributed by atoms with E-state index in [1.807, 2.05) is 0 Å². The molecule has 0 aromatic carbocycles. The van der Waals surface area contributed by atoms with Gasteiger partial charge in [0.1, 0.15) is 0 Å². The van der Waals surface area contributed by atoms with Crippen LogP contribution in [0.15, 0.2) is 11.6 Å². The molecule has 0 spiro atoms. The van der Waals surface area contributed by atoms with Crippen molar-refractivity contribution in [3.63, 3.8) is 0 Å². The van der Waals surface area contributed by atoms with E-state index >= 15 is 0 Å². The van der Waals surface area contributed by atoms with E-state index in [4.69, 9.17) is 5.73 Å². The Bertz CT molecular complexity index is 286. The summed E-state index contributed by atoms with van der Waals surface area (Å²) < 4.78 is 0. The number of carbonyl (C=O) groups is 2. The molecular weight excluding hydrogens is 168 g/mol. The molecule has 1 heterocycles. The van der Waals surface area contributed by atoms with Gasteiger partial charge in [0.25, 0.3) is 11.8 Å². The van der Waals surface area contributed by atoms with Crippen LogP contribution in [0.2, 0.25) is 0 Å². The third-order valence-electron chi connectivity index (χ3n) is 1.75. The molecular formula is C9H14N2O2. The minimum Gasteiger partial charge on any atom is -0.324 e. The highest BCUT2D eigenvalue weighted by molar-refractivity contribution is 6.15. The molecule has 4 heteroatoms. The monoisotopic (exact) mass is 182 g/mol. The van der Waals surface area contributed by atoms with E-state index in [1.165, 1.54) is 11.0 Å². The van der Waals surface area contributed by atoms with E-state index in [-0.39, 0.29) is 18.4 Å². The first-order valence-electron chi connectivity index (χ1n) is 4.14. The Balaban J connectivity index is 2.75. The van der Waals surface area contributed by atoms with Gasteiger partial charge in [-0.2, -0.15) is 0 Å². The van der Waals surface area contributed by atoms with Gasteiger partial charge in [0, 0.05) is 23.7 Å². The van der Waals surface area contributed by atoms with Crippen molar-refractivity contribution in [2.24, 2.45) is 5.73 Å². The predicted molar refractivity (Wildman–Crippen MR) is 48.7 cm³/mol. The van der Waals surface area contributed by atoms with Crippen molar-refractivity contribution in [2.75, 3.05) is 6.54 Å². The maximum Gasteiger partial charge on any atom is 0.256 e. The third-order valence-corrected chi connectivity index (χ3v) is 1.75. The second-order valence-corrected chi connectivity index (χ2v) is 4.05. The zero-order valence-electron chi connectivity index (χ0n) is 8.13. The quantitative estimate of drug-likeness (QED) is 0.613. The van der Waals surface area contributed by atoms with Crippen molar-refractivity contribution < 1.29 is 9.59 Å². The Morgan fingerprint density at radius 2 is 2.00 bits per heavy atom. The molecule has 0 aromatic heterocycles. The summed E-state index contributed by atoms with van der Waals surface area (Å²) in [4.78, 5) is 23.8. The Kier molecular flexibility index (Phi) is 2.26. The van der Waals surface area contributed by atoms with Gasteiger partial charge in [0.2, 0.25) is 0 Å². The molecule has 0 unspecified atom stereocenters. The molecule has 1 rings (SSSR count). The average Bonchev–Trinajstić information content (AvgIpc) is 2.14. The van der Waals surface area contributed by atoms with Crippen LogP contribution >= 0.6 is 0 Å². The summed E-state index contributed by atoms with van der Waals surface area (Å²) in [7, 11) is 0. The molecule has 0 radical (unpaired) electrons. The first-order valence-corrected chi connectivity index (χ1v) is 4.14. The summed E-state index contributed by atoms with van der Waals surface area (Å²) >= 11 is 0. The van der Waals surface area contributed by atoms with Gasteiger partial charge in [0.15, 0.2) is 0 Å². The molecule has 2 amide bonds. The van der Waals surface area contributed by atoms with Gasteiger partial charge in [-0.15, -0.1) is 0 Å². The smallest absolute Gasteiger partial charge is 0.256 e. The second-order valence-electron chi connectivity index (χ2n) is 4.05. The van der Waals surface area contributed by atoms with Crippen LogP contribution < -0.4 is 5.73 Å². The lowest BCUT2D eigenvalue weighted by molar-refractivity contribution is -0.138. The standard InChI is InChI=1S/C9H14N2O2/c1-6-4-7(12)11(8(6)13)5-9(2,3)10/h4H,5,10H2,1-3H3. The Hall–Kier alpha value is -1.16. The van der Waals surface area contributed by atoms with Crippen molar-refractivity contribution in [1.29, 1.82) is 0 Å². The maximum absolute atomic E-state index is 11.4. The molecule has 4 nitrogen and oxygen atoms in total. The zero-order valence-corrected chi connectivity index (χ0v) is 8.13. The van der Waals surface area contributed by atoms with Gasteiger partial charge in [-0.3, -0.25) is 14.5 Å². The first kappa shape index (κ1) is 9.92. The number of rotatable bonds is 2. The Morgan fingerprint density at radius 3 is 2.31 bits per heavy atom. The van der Waals surface area contributed by atoms with Crippen molar-refractivity contribution in [2.45, 2.75) is 26.3 Å². The molecule has 72 valence electrons. The van der Waals surface area contributed by atoms with E-state index in [2.05, 4.69) is 0 Å². The van der Waals surface area contributed by atoms with E-state index in [1.54, 1.807) is 20.8 Å². The highest BCUT2D eigenvalue weighted by Gasteiger charge is 2.31. The molecule has 1 aliphatic heterocycles. The normalized spacial score (nSPS) is 18.2. The topological polar surface area (TPSA) is 63.4 Å². The SMILES string of the molecule is CC1=CC(=O)N(CC(C)(C)N)C1=O. The maximum atomic E-state index is 11.4. The molecule has 0 saturated heterocycles. The number of carbonyl (C=O) groups excluding carboxylic acids is 2. The summed E-state index contributed by atoms with van der Waals surface area (Å²) in [6, 6.07) is 0. The summed E-state index contributed by atoms with van der Waals surface area (Å²) in [6.45, 7) is 5.45. The number of nitrogens with zero attached hydrogens (tertiary/aromatic N) is 1. The number of hydrogen-bond acceptors (Lipinski definition) is 3. The van der Waals surface area contributed by atoms with Crippen LogP contribution in [0.4, 0.5) is 0 Å². The second kappa shape index (κ2) is 2.96. The predicted octanol–water partition coefficient (Wildman–Crippen LogP) is 0.0388. The lowest BCUT2D eigenvalue weighted by Gasteiger charge is -2.24. The Morgan fingerprint density at radius 1 is 1.46 bits per heavy atom. The van der Waals surface area contributed by atoms with Crippen LogP contribution in [0, 0.1) is 0 Å². The van der Waals surface area contributed by atoms with Crippen molar-refractivity contribution in [3.8, 4) is 0 Å². The lowest BCUT2D eigenvalue weighted by Crippen LogP contribution is -2.47. The van der Waals surface area contributed by atoms with Gasteiger partial charge in [0.05, 0.1) is 0 Å². The van der Waals surface area contributed by atoms with Gasteiger partial charge in [-0.05, 0) is 20.8 Å². The fourth-order valence-corrected chi connectivity index (χ4v) is 1.20. The van der Waals surface area contributed by atoms with Crippen LogP contribution in [0.3, 0.4) is 0 Å². The highest BCUT2D eigenvalue weighted by atomic mass is 16.2. The van der Waals surface area contributed by atoms with Gasteiger partial charge in [-0.25, -0.2) is 0 Å². The van der Waals surface area contributed by atoms with Crippen LogP contribution in [0.1, 0.15) is 20.8 Å². The third kappa shape index (κ3) is 2.15. The summed E-state index contributed by atoms with van der Waals surface area (Å²) in [6.07, 6.45) is 1.34. The highest BCUT2D eigenvalue weighted by Crippen LogP contribution is 2.14. The van der Waals surface area contributed by atoms with Gasteiger partial charge >= 0.3 is 0 Å². The molecule has 0 fully saturated rings. The molecule has 0 atom stereocenters.